The van der Waals surface area contributed by atoms with Crippen molar-refractivity contribution in [1.29, 1.82) is 0 Å². The van der Waals surface area contributed by atoms with Gasteiger partial charge in [-0.25, -0.2) is 4.98 Å². The zero-order valence-electron chi connectivity index (χ0n) is 22.3. The number of rotatable bonds is 14. The lowest BCUT2D eigenvalue weighted by molar-refractivity contribution is -0.133. The SMILES string of the molecule is CCCCCCCC(=O)N(CCCC)C(C)c1nc2ccccc2c(=O)n1-c1ccccc1OCC. The second kappa shape index (κ2) is 13.8. The van der Waals surface area contributed by atoms with Gasteiger partial charge in [0.25, 0.3) is 5.56 Å². The average molecular weight is 492 g/mol. The highest BCUT2D eigenvalue weighted by Gasteiger charge is 2.27. The fraction of sp³-hybridized carbons (Fsp3) is 0.500. The number of nitrogens with zero attached hydrogens (tertiary/aromatic N) is 3. The maximum Gasteiger partial charge on any atom is 0.266 e. The van der Waals surface area contributed by atoms with E-state index in [0.29, 0.717) is 47.7 Å². The lowest BCUT2D eigenvalue weighted by Gasteiger charge is -2.31. The van der Waals surface area contributed by atoms with Gasteiger partial charge in [-0.05, 0) is 51.0 Å². The molecule has 0 aliphatic carbocycles. The van der Waals surface area contributed by atoms with Crippen LogP contribution in [0, 0.1) is 0 Å². The number of hydrogen-bond acceptors (Lipinski definition) is 4. The van der Waals surface area contributed by atoms with Crippen molar-refractivity contribution >= 4 is 16.8 Å². The summed E-state index contributed by atoms with van der Waals surface area (Å²) in [6, 6.07) is 14.6. The number of aromatic nitrogens is 2. The van der Waals surface area contributed by atoms with Gasteiger partial charge in [0.15, 0.2) is 0 Å². The Morgan fingerprint density at radius 3 is 2.39 bits per heavy atom. The first kappa shape index (κ1) is 27.4. The molecule has 36 heavy (non-hydrogen) atoms. The van der Waals surface area contributed by atoms with Crippen LogP contribution < -0.4 is 10.3 Å². The number of carbonyl (C=O) groups excluding carboxylic acids is 1. The molecular weight excluding hydrogens is 450 g/mol. The van der Waals surface area contributed by atoms with Crippen LogP contribution in [0.3, 0.4) is 0 Å². The van der Waals surface area contributed by atoms with Crippen LogP contribution in [0.15, 0.2) is 53.3 Å². The predicted molar refractivity (Wildman–Crippen MR) is 147 cm³/mol. The fourth-order valence-electron chi connectivity index (χ4n) is 4.61. The van der Waals surface area contributed by atoms with E-state index in [1.807, 2.05) is 61.2 Å². The van der Waals surface area contributed by atoms with Crippen molar-refractivity contribution in [2.75, 3.05) is 13.2 Å². The van der Waals surface area contributed by atoms with E-state index < -0.39 is 0 Å². The summed E-state index contributed by atoms with van der Waals surface area (Å²) in [7, 11) is 0. The molecule has 1 aromatic heterocycles. The van der Waals surface area contributed by atoms with Gasteiger partial charge in [-0.3, -0.25) is 14.2 Å². The molecule has 1 atom stereocenters. The molecule has 0 aliphatic heterocycles. The van der Waals surface area contributed by atoms with Gasteiger partial charge < -0.3 is 9.64 Å². The maximum absolute atomic E-state index is 13.9. The molecule has 194 valence electrons. The summed E-state index contributed by atoms with van der Waals surface area (Å²) in [6.07, 6.45) is 7.91. The highest BCUT2D eigenvalue weighted by Crippen LogP contribution is 2.28. The van der Waals surface area contributed by atoms with Crippen molar-refractivity contribution < 1.29 is 9.53 Å². The number of ether oxygens (including phenoxy) is 1. The van der Waals surface area contributed by atoms with Crippen LogP contribution in [0.1, 0.15) is 90.9 Å². The molecule has 0 aliphatic rings. The van der Waals surface area contributed by atoms with Crippen LogP contribution in [0.5, 0.6) is 5.75 Å². The zero-order valence-corrected chi connectivity index (χ0v) is 22.3. The van der Waals surface area contributed by atoms with Gasteiger partial charge in [-0.1, -0.05) is 70.2 Å². The van der Waals surface area contributed by atoms with E-state index >= 15 is 0 Å². The van der Waals surface area contributed by atoms with Crippen molar-refractivity contribution in [3.63, 3.8) is 0 Å². The van der Waals surface area contributed by atoms with Crippen molar-refractivity contribution in [1.82, 2.24) is 14.5 Å². The van der Waals surface area contributed by atoms with E-state index in [1.54, 1.807) is 10.6 Å². The number of amides is 1. The first-order chi connectivity index (χ1) is 17.5. The molecule has 0 saturated heterocycles. The Bertz CT molecular complexity index is 1190. The van der Waals surface area contributed by atoms with E-state index in [1.165, 1.54) is 12.8 Å². The van der Waals surface area contributed by atoms with Crippen LogP contribution in [0.2, 0.25) is 0 Å². The van der Waals surface area contributed by atoms with Gasteiger partial charge in [0.05, 0.1) is 29.2 Å². The fourth-order valence-corrected chi connectivity index (χ4v) is 4.61. The maximum atomic E-state index is 13.9. The van der Waals surface area contributed by atoms with E-state index in [9.17, 15) is 9.59 Å². The second-order valence-electron chi connectivity index (χ2n) is 9.31. The van der Waals surface area contributed by atoms with Crippen molar-refractivity contribution in [2.24, 2.45) is 0 Å². The molecule has 0 radical (unpaired) electrons. The van der Waals surface area contributed by atoms with E-state index in [4.69, 9.17) is 9.72 Å². The summed E-state index contributed by atoms with van der Waals surface area (Å²) in [6.45, 7) is 9.35. The summed E-state index contributed by atoms with van der Waals surface area (Å²) in [5.41, 5.74) is 1.13. The molecule has 6 heteroatoms. The summed E-state index contributed by atoms with van der Waals surface area (Å²) in [5, 5.41) is 0.544. The van der Waals surface area contributed by atoms with Crippen molar-refractivity contribution in [3.8, 4) is 11.4 Å². The third-order valence-electron chi connectivity index (χ3n) is 6.62. The number of carbonyl (C=O) groups is 1. The van der Waals surface area contributed by atoms with E-state index in [0.717, 1.165) is 32.1 Å². The summed E-state index contributed by atoms with van der Waals surface area (Å²) in [4.78, 5) is 34.2. The molecule has 6 nitrogen and oxygen atoms in total. The number of unbranched alkanes of at least 4 members (excludes halogenated alkanes) is 5. The first-order valence-corrected chi connectivity index (χ1v) is 13.6. The average Bonchev–Trinajstić information content (AvgIpc) is 2.89. The molecule has 3 rings (SSSR count). The third kappa shape index (κ3) is 6.54. The van der Waals surface area contributed by atoms with Gasteiger partial charge in [0, 0.05) is 13.0 Å². The smallest absolute Gasteiger partial charge is 0.266 e. The normalized spacial score (nSPS) is 12.0. The molecule has 1 amide bonds. The van der Waals surface area contributed by atoms with Crippen molar-refractivity contribution in [2.45, 2.75) is 85.1 Å². The van der Waals surface area contributed by atoms with Crippen LogP contribution in [-0.2, 0) is 4.79 Å². The highest BCUT2D eigenvalue weighted by atomic mass is 16.5. The minimum absolute atomic E-state index is 0.125. The van der Waals surface area contributed by atoms with Crippen LogP contribution in [0.4, 0.5) is 0 Å². The van der Waals surface area contributed by atoms with Gasteiger partial charge in [-0.15, -0.1) is 0 Å². The topological polar surface area (TPSA) is 64.4 Å². The highest BCUT2D eigenvalue weighted by molar-refractivity contribution is 5.79. The molecule has 0 bridgehead atoms. The minimum Gasteiger partial charge on any atom is -0.492 e. The molecule has 3 aromatic rings. The molecule has 2 aromatic carbocycles. The molecular formula is C30H41N3O3. The van der Waals surface area contributed by atoms with Crippen LogP contribution in [0.25, 0.3) is 16.6 Å². The quantitative estimate of drug-likeness (QED) is 0.232. The Labute approximate surface area is 215 Å². The Hall–Kier alpha value is -3.15. The minimum atomic E-state index is -0.369. The number of para-hydroxylation sites is 3. The Morgan fingerprint density at radius 1 is 0.944 bits per heavy atom. The summed E-state index contributed by atoms with van der Waals surface area (Å²) < 4.78 is 7.53. The standard InChI is InChI=1S/C30H41N3O3/c1-5-8-10-11-12-21-28(34)32(22-9-6-2)23(4)29-31-25-18-14-13-17-24(25)30(35)33(29)26-19-15-16-20-27(26)36-7-3/h13-20,23H,5-12,21-22H2,1-4H3. The molecule has 0 fully saturated rings. The lowest BCUT2D eigenvalue weighted by atomic mass is 10.1. The Kier molecular flexibility index (Phi) is 10.5. The second-order valence-corrected chi connectivity index (χ2v) is 9.31. The molecule has 1 unspecified atom stereocenters. The number of benzene rings is 2. The largest absolute Gasteiger partial charge is 0.492 e. The summed E-state index contributed by atoms with van der Waals surface area (Å²) in [5.74, 6) is 1.30. The van der Waals surface area contributed by atoms with Crippen molar-refractivity contribution in [3.05, 3.63) is 64.7 Å². The third-order valence-corrected chi connectivity index (χ3v) is 6.62. The first-order valence-electron chi connectivity index (χ1n) is 13.6. The van der Waals surface area contributed by atoms with E-state index in [2.05, 4.69) is 13.8 Å². The number of hydrogen-bond donors (Lipinski definition) is 0. The zero-order chi connectivity index (χ0) is 25.9. The van der Waals surface area contributed by atoms with Gasteiger partial charge in [0.2, 0.25) is 5.91 Å². The lowest BCUT2D eigenvalue weighted by Crippen LogP contribution is -2.38. The summed E-state index contributed by atoms with van der Waals surface area (Å²) >= 11 is 0. The Morgan fingerprint density at radius 2 is 1.64 bits per heavy atom. The van der Waals surface area contributed by atoms with Crippen LogP contribution >= 0.6 is 0 Å². The van der Waals surface area contributed by atoms with Gasteiger partial charge >= 0.3 is 0 Å². The predicted octanol–water partition coefficient (Wildman–Crippen LogP) is 6.83. The monoisotopic (exact) mass is 491 g/mol. The van der Waals surface area contributed by atoms with Crippen LogP contribution in [-0.4, -0.2) is 33.5 Å². The molecule has 0 saturated carbocycles. The van der Waals surface area contributed by atoms with E-state index in [-0.39, 0.29) is 17.5 Å². The van der Waals surface area contributed by atoms with Gasteiger partial charge in [0.1, 0.15) is 11.6 Å². The Balaban J connectivity index is 2.08. The molecule has 1 heterocycles. The number of fused-ring (bicyclic) bond motifs is 1. The molecule has 0 spiro atoms. The van der Waals surface area contributed by atoms with Gasteiger partial charge in [-0.2, -0.15) is 0 Å². The molecule has 0 N–H and O–H groups in total.